The van der Waals surface area contributed by atoms with Gasteiger partial charge in [-0.05, 0) is 25.1 Å². The normalized spacial score (nSPS) is 13.3. The summed E-state index contributed by atoms with van der Waals surface area (Å²) in [5.74, 6) is -0.0660. The van der Waals surface area contributed by atoms with Crippen molar-refractivity contribution >= 4 is 22.6 Å². The molecule has 0 fully saturated rings. The number of rotatable bonds is 2. The smallest absolute Gasteiger partial charge is 0.336 e. The summed E-state index contributed by atoms with van der Waals surface area (Å²) in [5, 5.41) is 9.37. The van der Waals surface area contributed by atoms with Crippen LogP contribution in [-0.2, 0) is 11.3 Å². The second-order valence-corrected chi connectivity index (χ2v) is 6.57. The van der Waals surface area contributed by atoms with E-state index in [4.69, 9.17) is 4.42 Å². The van der Waals surface area contributed by atoms with Crippen LogP contribution in [0.3, 0.4) is 0 Å². The van der Waals surface area contributed by atoms with Crippen LogP contribution >= 0.6 is 0 Å². The van der Waals surface area contributed by atoms with Crippen LogP contribution in [0.1, 0.15) is 6.92 Å². The fourth-order valence-electron chi connectivity index (χ4n) is 3.77. The lowest BCUT2D eigenvalue weighted by atomic mass is 9.99. The van der Waals surface area contributed by atoms with Gasteiger partial charge >= 0.3 is 5.63 Å². The Hall–Kier alpha value is -3.74. The van der Waals surface area contributed by atoms with Gasteiger partial charge in [-0.25, -0.2) is 9.48 Å². The molecule has 1 aliphatic rings. The first kappa shape index (κ1) is 16.4. The minimum absolute atomic E-state index is 0.0660. The monoisotopic (exact) mass is 372 g/mol. The van der Waals surface area contributed by atoms with E-state index in [-0.39, 0.29) is 12.5 Å². The number of hydrogen-bond donors (Lipinski definition) is 0. The second-order valence-electron chi connectivity index (χ2n) is 6.57. The Morgan fingerprint density at radius 3 is 2.64 bits per heavy atom. The summed E-state index contributed by atoms with van der Waals surface area (Å²) in [6, 6.07) is 16.4. The maximum absolute atomic E-state index is 12.9. The van der Waals surface area contributed by atoms with Crippen LogP contribution in [0.25, 0.3) is 33.5 Å². The molecule has 4 aromatic rings. The Bertz CT molecular complexity index is 1270. The highest BCUT2D eigenvalue weighted by Gasteiger charge is 2.30. The number of carbonyl (C=O) groups excluding carboxylic acids is 1. The van der Waals surface area contributed by atoms with E-state index in [1.54, 1.807) is 21.7 Å². The summed E-state index contributed by atoms with van der Waals surface area (Å²) in [6.45, 7) is 2.55. The van der Waals surface area contributed by atoms with Gasteiger partial charge in [0, 0.05) is 29.1 Å². The van der Waals surface area contributed by atoms with E-state index in [0.717, 1.165) is 27.9 Å². The van der Waals surface area contributed by atoms with E-state index in [9.17, 15) is 9.59 Å². The largest absolute Gasteiger partial charge is 0.423 e. The lowest BCUT2D eigenvalue weighted by molar-refractivity contribution is -0.119. The second kappa shape index (κ2) is 6.16. The maximum atomic E-state index is 12.9. The van der Waals surface area contributed by atoms with Gasteiger partial charge in [-0.2, -0.15) is 0 Å². The average Bonchev–Trinajstić information content (AvgIpc) is 3.07. The van der Waals surface area contributed by atoms with Gasteiger partial charge in [-0.15, -0.1) is 5.10 Å². The first-order chi connectivity index (χ1) is 13.7. The third-order valence-electron chi connectivity index (χ3n) is 4.99. The lowest BCUT2D eigenvalue weighted by Crippen LogP contribution is -2.32. The molecule has 2 aromatic carbocycles. The van der Waals surface area contributed by atoms with E-state index >= 15 is 0 Å². The number of likely N-dealkylation sites (N-methyl/N-ethyl adjacent to an activating group) is 1. The van der Waals surface area contributed by atoms with Crippen LogP contribution in [0.5, 0.6) is 0 Å². The van der Waals surface area contributed by atoms with E-state index in [0.29, 0.717) is 17.8 Å². The number of amides is 1. The summed E-state index contributed by atoms with van der Waals surface area (Å²) in [6.07, 6.45) is 0. The van der Waals surface area contributed by atoms with Crippen LogP contribution in [0.15, 0.2) is 63.8 Å². The van der Waals surface area contributed by atoms with Gasteiger partial charge in [0.15, 0.2) is 0 Å². The third kappa shape index (κ3) is 2.36. The molecular weight excluding hydrogens is 356 g/mol. The van der Waals surface area contributed by atoms with Crippen LogP contribution < -0.4 is 10.5 Å². The summed E-state index contributed by atoms with van der Waals surface area (Å²) >= 11 is 0. The van der Waals surface area contributed by atoms with E-state index in [1.807, 2.05) is 43.3 Å². The fraction of sp³-hybridized carbons (Fsp3) is 0.143. The first-order valence-electron chi connectivity index (χ1n) is 9.04. The predicted octanol–water partition coefficient (Wildman–Crippen LogP) is 3.09. The zero-order valence-electron chi connectivity index (χ0n) is 15.1. The van der Waals surface area contributed by atoms with Crippen molar-refractivity contribution in [1.82, 2.24) is 15.0 Å². The van der Waals surface area contributed by atoms with Gasteiger partial charge in [0.1, 0.15) is 17.8 Å². The van der Waals surface area contributed by atoms with Crippen molar-refractivity contribution in [2.24, 2.45) is 0 Å². The highest BCUT2D eigenvalue weighted by atomic mass is 16.4. The summed E-state index contributed by atoms with van der Waals surface area (Å²) in [7, 11) is 0. The van der Waals surface area contributed by atoms with Crippen LogP contribution in [-0.4, -0.2) is 27.4 Å². The van der Waals surface area contributed by atoms with Crippen LogP contribution in [0.4, 0.5) is 5.69 Å². The number of carbonyl (C=O) groups is 1. The molecule has 0 atom stereocenters. The van der Waals surface area contributed by atoms with E-state index in [2.05, 4.69) is 10.3 Å². The van der Waals surface area contributed by atoms with Gasteiger partial charge < -0.3 is 9.32 Å². The van der Waals surface area contributed by atoms with Gasteiger partial charge in [0.2, 0.25) is 5.91 Å². The molecule has 0 bridgehead atoms. The SMILES string of the molecule is CCN1C(=O)Cn2nnc(-c3ccccc3)c2-c2c1ccc1oc(=O)ccc21. The number of nitrogens with zero attached hydrogens (tertiary/aromatic N) is 4. The zero-order chi connectivity index (χ0) is 19.3. The zero-order valence-corrected chi connectivity index (χ0v) is 15.1. The number of hydrogen-bond acceptors (Lipinski definition) is 5. The van der Waals surface area contributed by atoms with Crippen molar-refractivity contribution in [1.29, 1.82) is 0 Å². The highest BCUT2D eigenvalue weighted by Crippen LogP contribution is 2.42. The molecule has 1 amide bonds. The molecular formula is C21H16N4O3. The van der Waals surface area contributed by atoms with Gasteiger partial charge in [-0.3, -0.25) is 4.79 Å². The van der Waals surface area contributed by atoms with Gasteiger partial charge in [0.05, 0.1) is 11.4 Å². The van der Waals surface area contributed by atoms with Crippen molar-refractivity contribution in [2.45, 2.75) is 13.5 Å². The lowest BCUT2D eigenvalue weighted by Gasteiger charge is -2.21. The summed E-state index contributed by atoms with van der Waals surface area (Å²) in [5.41, 5.74) is 3.92. The molecule has 0 saturated heterocycles. The van der Waals surface area contributed by atoms with Gasteiger partial charge in [0.25, 0.3) is 0 Å². The van der Waals surface area contributed by atoms with Gasteiger partial charge in [-0.1, -0.05) is 35.5 Å². The molecule has 7 heteroatoms. The molecule has 0 saturated carbocycles. The van der Waals surface area contributed by atoms with E-state index in [1.165, 1.54) is 6.07 Å². The molecule has 0 aliphatic carbocycles. The molecule has 1 aliphatic heterocycles. The topological polar surface area (TPSA) is 81.2 Å². The molecule has 28 heavy (non-hydrogen) atoms. The molecule has 0 N–H and O–H groups in total. The van der Waals surface area contributed by atoms with Crippen molar-refractivity contribution in [3.63, 3.8) is 0 Å². The molecule has 3 heterocycles. The average molecular weight is 372 g/mol. The number of anilines is 1. The maximum Gasteiger partial charge on any atom is 0.336 e. The van der Waals surface area contributed by atoms with Crippen molar-refractivity contribution < 1.29 is 9.21 Å². The molecule has 2 aromatic heterocycles. The Morgan fingerprint density at radius 1 is 1.04 bits per heavy atom. The van der Waals surface area contributed by atoms with Crippen molar-refractivity contribution in [3.05, 3.63) is 65.0 Å². The standard InChI is InChI=1S/C21H16N4O3/c1-2-24-15-9-10-16-14(8-11-18(27)28-16)19(15)21-20(13-6-4-3-5-7-13)22-23-25(21)12-17(24)26/h3-11H,2,12H2,1H3. The Kier molecular flexibility index (Phi) is 3.61. The molecule has 138 valence electrons. The quantitative estimate of drug-likeness (QED) is 0.505. The summed E-state index contributed by atoms with van der Waals surface area (Å²) < 4.78 is 7.02. The minimum Gasteiger partial charge on any atom is -0.423 e. The predicted molar refractivity (Wildman–Crippen MR) is 105 cm³/mol. The Morgan fingerprint density at radius 2 is 1.86 bits per heavy atom. The van der Waals surface area contributed by atoms with Crippen molar-refractivity contribution in [3.8, 4) is 22.5 Å². The first-order valence-corrected chi connectivity index (χ1v) is 9.04. The van der Waals surface area contributed by atoms with E-state index < -0.39 is 5.63 Å². The van der Waals surface area contributed by atoms with Crippen molar-refractivity contribution in [2.75, 3.05) is 11.4 Å². The molecule has 0 spiro atoms. The number of benzene rings is 2. The van der Waals surface area contributed by atoms with Crippen LogP contribution in [0, 0.1) is 0 Å². The molecule has 5 rings (SSSR count). The highest BCUT2D eigenvalue weighted by molar-refractivity contribution is 6.09. The minimum atomic E-state index is -0.417. The fourth-order valence-corrected chi connectivity index (χ4v) is 3.77. The molecule has 0 radical (unpaired) electrons. The summed E-state index contributed by atoms with van der Waals surface area (Å²) in [4.78, 5) is 26.3. The number of fused-ring (bicyclic) bond motifs is 5. The Balaban J connectivity index is 1.92. The Labute approximate surface area is 159 Å². The number of aromatic nitrogens is 3. The third-order valence-corrected chi connectivity index (χ3v) is 4.99. The molecule has 0 unspecified atom stereocenters. The molecule has 7 nitrogen and oxygen atoms in total. The van der Waals surface area contributed by atoms with Crippen LogP contribution in [0.2, 0.25) is 0 Å².